The van der Waals surface area contributed by atoms with E-state index in [0.29, 0.717) is 18.9 Å². The first kappa shape index (κ1) is 18.5. The van der Waals surface area contributed by atoms with Crippen molar-refractivity contribution in [3.8, 4) is 0 Å². The minimum atomic E-state index is 0.101. The lowest BCUT2D eigenvalue weighted by atomic mass is 9.93. The number of carbonyl (C=O) groups excluding carboxylic acids is 2. The van der Waals surface area contributed by atoms with E-state index in [0.717, 1.165) is 43.6 Å². The van der Waals surface area contributed by atoms with E-state index in [2.05, 4.69) is 10.2 Å². The number of likely N-dealkylation sites (N-methyl/N-ethyl adjacent to an activating group) is 1. The molecule has 0 atom stereocenters. The predicted molar refractivity (Wildman–Crippen MR) is 96.0 cm³/mol. The van der Waals surface area contributed by atoms with Gasteiger partial charge in [-0.05, 0) is 51.9 Å². The van der Waals surface area contributed by atoms with E-state index in [-0.39, 0.29) is 11.8 Å². The molecule has 1 aliphatic heterocycles. The second kappa shape index (κ2) is 8.83. The van der Waals surface area contributed by atoms with Gasteiger partial charge in [-0.1, -0.05) is 17.7 Å². The first-order valence-electron chi connectivity index (χ1n) is 8.73. The van der Waals surface area contributed by atoms with Crippen LogP contribution in [0.25, 0.3) is 0 Å². The smallest absolute Gasteiger partial charge is 0.253 e. The minimum absolute atomic E-state index is 0.101. The molecule has 1 aromatic rings. The first-order valence-corrected chi connectivity index (χ1v) is 8.73. The predicted octanol–water partition coefficient (Wildman–Crippen LogP) is 1.92. The molecule has 1 heterocycles. The van der Waals surface area contributed by atoms with Crippen LogP contribution in [0, 0.1) is 12.8 Å². The standard InChI is InChI=1S/C19H29N3O2/c1-15-4-6-17(7-5-15)19(24)22-11-8-16(9-12-22)14-18(23)20-10-13-21(2)3/h4-7,16H,8-14H2,1-3H3,(H,20,23). The largest absolute Gasteiger partial charge is 0.355 e. The zero-order chi connectivity index (χ0) is 17.5. The summed E-state index contributed by atoms with van der Waals surface area (Å²) in [6, 6.07) is 7.72. The third-order valence-electron chi connectivity index (χ3n) is 4.56. The Bertz CT molecular complexity index is 546. The van der Waals surface area contributed by atoms with Gasteiger partial charge in [0.15, 0.2) is 0 Å². The molecule has 132 valence electrons. The average Bonchev–Trinajstić information content (AvgIpc) is 2.55. The number of likely N-dealkylation sites (tertiary alicyclic amines) is 1. The van der Waals surface area contributed by atoms with Crippen LogP contribution in [0.4, 0.5) is 0 Å². The summed E-state index contributed by atoms with van der Waals surface area (Å²) in [5, 5.41) is 2.97. The fourth-order valence-electron chi connectivity index (χ4n) is 2.97. The molecule has 1 fully saturated rings. The number of amides is 2. The Morgan fingerprint density at radius 3 is 2.38 bits per heavy atom. The Morgan fingerprint density at radius 2 is 1.79 bits per heavy atom. The van der Waals surface area contributed by atoms with Crippen LogP contribution in [0.3, 0.4) is 0 Å². The summed E-state index contributed by atoms with van der Waals surface area (Å²) in [5.74, 6) is 0.607. The number of hydrogen-bond donors (Lipinski definition) is 1. The molecule has 0 aromatic heterocycles. The van der Waals surface area contributed by atoms with Crippen LogP contribution in [0.2, 0.25) is 0 Å². The van der Waals surface area contributed by atoms with Crippen LogP contribution in [0.5, 0.6) is 0 Å². The van der Waals surface area contributed by atoms with Crippen molar-refractivity contribution in [1.82, 2.24) is 15.1 Å². The summed E-state index contributed by atoms with van der Waals surface area (Å²) in [4.78, 5) is 28.4. The number of rotatable bonds is 6. The molecule has 5 heteroatoms. The lowest BCUT2D eigenvalue weighted by Crippen LogP contribution is -2.40. The third-order valence-corrected chi connectivity index (χ3v) is 4.56. The van der Waals surface area contributed by atoms with Gasteiger partial charge in [0.1, 0.15) is 0 Å². The van der Waals surface area contributed by atoms with Crippen molar-refractivity contribution in [2.24, 2.45) is 5.92 Å². The van der Waals surface area contributed by atoms with Gasteiger partial charge < -0.3 is 15.1 Å². The Balaban J connectivity index is 1.74. The highest BCUT2D eigenvalue weighted by atomic mass is 16.2. The van der Waals surface area contributed by atoms with Crippen molar-refractivity contribution >= 4 is 11.8 Å². The highest BCUT2D eigenvalue weighted by molar-refractivity contribution is 5.94. The second-order valence-electron chi connectivity index (χ2n) is 6.96. The molecule has 0 spiro atoms. The van der Waals surface area contributed by atoms with Crippen molar-refractivity contribution < 1.29 is 9.59 Å². The summed E-state index contributed by atoms with van der Waals surface area (Å²) in [6.07, 6.45) is 2.37. The number of hydrogen-bond acceptors (Lipinski definition) is 3. The molecule has 0 saturated carbocycles. The molecule has 1 N–H and O–H groups in total. The number of nitrogens with one attached hydrogen (secondary N) is 1. The quantitative estimate of drug-likeness (QED) is 0.866. The average molecular weight is 331 g/mol. The van der Waals surface area contributed by atoms with E-state index >= 15 is 0 Å². The molecule has 1 aromatic carbocycles. The number of aryl methyl sites for hydroxylation is 1. The summed E-state index contributed by atoms with van der Waals surface area (Å²) < 4.78 is 0. The lowest BCUT2D eigenvalue weighted by molar-refractivity contribution is -0.122. The van der Waals surface area contributed by atoms with E-state index < -0.39 is 0 Å². The van der Waals surface area contributed by atoms with Crippen LogP contribution < -0.4 is 5.32 Å². The molecule has 0 radical (unpaired) electrons. The van der Waals surface area contributed by atoms with Crippen molar-refractivity contribution in [3.63, 3.8) is 0 Å². The number of piperidine rings is 1. The van der Waals surface area contributed by atoms with E-state index in [1.165, 1.54) is 0 Å². The van der Waals surface area contributed by atoms with Gasteiger partial charge in [-0.2, -0.15) is 0 Å². The van der Waals surface area contributed by atoms with Crippen LogP contribution in [-0.2, 0) is 4.79 Å². The molecule has 2 amide bonds. The topological polar surface area (TPSA) is 52.7 Å². The van der Waals surface area contributed by atoms with Crippen molar-refractivity contribution in [2.75, 3.05) is 40.3 Å². The van der Waals surface area contributed by atoms with Crippen LogP contribution in [0.15, 0.2) is 24.3 Å². The molecule has 0 aliphatic carbocycles. The van der Waals surface area contributed by atoms with Crippen molar-refractivity contribution in [1.29, 1.82) is 0 Å². The molecule has 2 rings (SSSR count). The highest BCUT2D eigenvalue weighted by Gasteiger charge is 2.24. The number of carbonyl (C=O) groups is 2. The minimum Gasteiger partial charge on any atom is -0.355 e. The van der Waals surface area contributed by atoms with Gasteiger partial charge in [0.2, 0.25) is 5.91 Å². The van der Waals surface area contributed by atoms with Gasteiger partial charge in [0, 0.05) is 38.2 Å². The molecule has 0 bridgehead atoms. The normalized spacial score (nSPS) is 15.6. The number of nitrogens with zero attached hydrogens (tertiary/aromatic N) is 2. The zero-order valence-corrected chi connectivity index (χ0v) is 15.0. The molecular formula is C19H29N3O2. The Morgan fingerprint density at radius 1 is 1.17 bits per heavy atom. The zero-order valence-electron chi connectivity index (χ0n) is 15.0. The van der Waals surface area contributed by atoms with Gasteiger partial charge in [0.05, 0.1) is 0 Å². The van der Waals surface area contributed by atoms with E-state index in [9.17, 15) is 9.59 Å². The third kappa shape index (κ3) is 5.64. The second-order valence-corrected chi connectivity index (χ2v) is 6.96. The first-order chi connectivity index (χ1) is 11.5. The molecule has 5 nitrogen and oxygen atoms in total. The van der Waals surface area contributed by atoms with E-state index in [1.807, 2.05) is 50.2 Å². The monoisotopic (exact) mass is 331 g/mol. The van der Waals surface area contributed by atoms with Crippen molar-refractivity contribution in [2.45, 2.75) is 26.2 Å². The molecular weight excluding hydrogens is 302 g/mol. The maximum absolute atomic E-state index is 12.5. The summed E-state index contributed by atoms with van der Waals surface area (Å²) >= 11 is 0. The highest BCUT2D eigenvalue weighted by Crippen LogP contribution is 2.22. The van der Waals surface area contributed by atoms with Crippen LogP contribution in [-0.4, -0.2) is 61.9 Å². The SMILES string of the molecule is Cc1ccc(C(=O)N2CCC(CC(=O)NCCN(C)C)CC2)cc1. The summed E-state index contributed by atoms with van der Waals surface area (Å²) in [6.45, 7) is 5.04. The van der Waals surface area contributed by atoms with Gasteiger partial charge >= 0.3 is 0 Å². The maximum atomic E-state index is 12.5. The fraction of sp³-hybridized carbons (Fsp3) is 0.579. The van der Waals surface area contributed by atoms with Crippen molar-refractivity contribution in [3.05, 3.63) is 35.4 Å². The summed E-state index contributed by atoms with van der Waals surface area (Å²) in [5.41, 5.74) is 1.91. The van der Waals surface area contributed by atoms with E-state index in [4.69, 9.17) is 0 Å². The molecule has 0 unspecified atom stereocenters. The van der Waals surface area contributed by atoms with E-state index in [1.54, 1.807) is 0 Å². The molecule has 1 saturated heterocycles. The van der Waals surface area contributed by atoms with Gasteiger partial charge in [-0.25, -0.2) is 0 Å². The van der Waals surface area contributed by atoms with Crippen LogP contribution >= 0.6 is 0 Å². The Hall–Kier alpha value is -1.88. The van der Waals surface area contributed by atoms with Gasteiger partial charge in [0.25, 0.3) is 5.91 Å². The Labute approximate surface area is 145 Å². The fourth-order valence-corrected chi connectivity index (χ4v) is 2.97. The van der Waals surface area contributed by atoms with Gasteiger partial charge in [-0.15, -0.1) is 0 Å². The Kier molecular flexibility index (Phi) is 6.79. The molecule has 24 heavy (non-hydrogen) atoms. The number of benzene rings is 1. The summed E-state index contributed by atoms with van der Waals surface area (Å²) in [7, 11) is 3.99. The van der Waals surface area contributed by atoms with Gasteiger partial charge in [-0.3, -0.25) is 9.59 Å². The molecule has 1 aliphatic rings. The lowest BCUT2D eigenvalue weighted by Gasteiger charge is -2.32. The maximum Gasteiger partial charge on any atom is 0.253 e. The van der Waals surface area contributed by atoms with Crippen LogP contribution in [0.1, 0.15) is 35.2 Å².